The molecule has 0 saturated heterocycles. The van der Waals surface area contributed by atoms with Crippen molar-refractivity contribution in [3.63, 3.8) is 0 Å². The number of sulfonamides is 1. The summed E-state index contributed by atoms with van der Waals surface area (Å²) in [5.41, 5.74) is 2.01. The molecule has 0 amide bonds. The van der Waals surface area contributed by atoms with Gasteiger partial charge in [-0.1, -0.05) is 54.0 Å². The monoisotopic (exact) mass is 403 g/mol. The number of nitrogens with zero attached hydrogens (tertiary/aromatic N) is 1. The van der Waals surface area contributed by atoms with Crippen LogP contribution in [0.1, 0.15) is 37.7 Å². The standard InChI is InChI=1S/C21H25NO3S2/c1-18-13-15-21(16-14-18)27(24,25)22-26(23,20-11-7-4-8-12-20)17-19-9-5-2-3-6-10-19/h4,7-9,11-16H,2-3,5-6,10,17H2,1H3. The van der Waals surface area contributed by atoms with Crippen molar-refractivity contribution in [3.8, 4) is 0 Å². The first-order chi connectivity index (χ1) is 12.9. The Balaban J connectivity index is 2.09. The van der Waals surface area contributed by atoms with Crippen molar-refractivity contribution < 1.29 is 12.6 Å². The molecule has 0 bridgehead atoms. The van der Waals surface area contributed by atoms with E-state index in [0.717, 1.165) is 43.2 Å². The van der Waals surface area contributed by atoms with Gasteiger partial charge in [0.1, 0.15) is 0 Å². The third kappa shape index (κ3) is 5.08. The molecule has 1 atom stereocenters. The first-order valence-corrected chi connectivity index (χ1v) is 12.3. The van der Waals surface area contributed by atoms with Gasteiger partial charge in [-0.2, -0.15) is 8.42 Å². The zero-order valence-corrected chi connectivity index (χ0v) is 17.1. The number of allylic oxidation sites excluding steroid dienone is 1. The van der Waals surface area contributed by atoms with Crippen molar-refractivity contribution >= 4 is 19.8 Å². The van der Waals surface area contributed by atoms with E-state index in [2.05, 4.69) is 9.84 Å². The Morgan fingerprint density at radius 1 is 0.852 bits per heavy atom. The molecular formula is C21H25NO3S2. The Kier molecular flexibility index (Phi) is 6.17. The maximum atomic E-state index is 13.8. The van der Waals surface area contributed by atoms with E-state index in [9.17, 15) is 12.6 Å². The van der Waals surface area contributed by atoms with Gasteiger partial charge in [0.15, 0.2) is 0 Å². The molecule has 0 N–H and O–H groups in total. The van der Waals surface area contributed by atoms with Crippen LogP contribution < -0.4 is 0 Å². The summed E-state index contributed by atoms with van der Waals surface area (Å²) in [4.78, 5) is 0.539. The fourth-order valence-electron chi connectivity index (χ4n) is 3.16. The minimum atomic E-state index is -4.02. The van der Waals surface area contributed by atoms with Gasteiger partial charge < -0.3 is 0 Å². The Morgan fingerprint density at radius 2 is 1.56 bits per heavy atom. The van der Waals surface area contributed by atoms with Crippen LogP contribution in [0.25, 0.3) is 0 Å². The Morgan fingerprint density at radius 3 is 2.26 bits per heavy atom. The van der Waals surface area contributed by atoms with E-state index in [1.165, 1.54) is 12.1 Å². The second kappa shape index (κ2) is 8.40. The fourth-order valence-corrected chi connectivity index (χ4v) is 7.32. The summed E-state index contributed by atoms with van der Waals surface area (Å²) in [6, 6.07) is 15.2. The van der Waals surface area contributed by atoms with E-state index in [4.69, 9.17) is 0 Å². The Hall–Kier alpha value is -1.92. The van der Waals surface area contributed by atoms with Gasteiger partial charge in [-0.3, -0.25) is 0 Å². The quantitative estimate of drug-likeness (QED) is 0.652. The van der Waals surface area contributed by atoms with Gasteiger partial charge in [-0.15, -0.1) is 3.77 Å². The summed E-state index contributed by atoms with van der Waals surface area (Å²) in [6.07, 6.45) is 7.22. The van der Waals surface area contributed by atoms with Crippen molar-refractivity contribution in [1.82, 2.24) is 0 Å². The number of benzene rings is 2. The largest absolute Gasteiger partial charge is 0.290 e. The van der Waals surface area contributed by atoms with Crippen molar-refractivity contribution in [2.24, 2.45) is 3.77 Å². The molecule has 2 aromatic carbocycles. The number of hydrogen-bond acceptors (Lipinski definition) is 3. The zero-order chi connectivity index (χ0) is 19.3. The van der Waals surface area contributed by atoms with Gasteiger partial charge in [-0.05, 0) is 56.9 Å². The van der Waals surface area contributed by atoms with Crippen LogP contribution in [0.4, 0.5) is 0 Å². The molecule has 6 heteroatoms. The van der Waals surface area contributed by atoms with Crippen LogP contribution in [0.3, 0.4) is 0 Å². The van der Waals surface area contributed by atoms with E-state index in [-0.39, 0.29) is 10.6 Å². The molecule has 27 heavy (non-hydrogen) atoms. The van der Waals surface area contributed by atoms with Crippen LogP contribution in [0.15, 0.2) is 79.8 Å². The maximum absolute atomic E-state index is 13.8. The van der Waals surface area contributed by atoms with Gasteiger partial charge in [0.2, 0.25) is 0 Å². The highest BCUT2D eigenvalue weighted by Crippen LogP contribution is 2.26. The van der Waals surface area contributed by atoms with Crippen LogP contribution in [0.2, 0.25) is 0 Å². The van der Waals surface area contributed by atoms with Crippen LogP contribution in [0, 0.1) is 6.92 Å². The second-order valence-electron chi connectivity index (χ2n) is 6.92. The molecule has 0 saturated carbocycles. The Labute approximate surface area is 162 Å². The lowest BCUT2D eigenvalue weighted by molar-refractivity contribution is 0.598. The molecule has 0 aliphatic heterocycles. The van der Waals surface area contributed by atoms with Gasteiger partial charge >= 0.3 is 0 Å². The maximum Gasteiger partial charge on any atom is 0.290 e. The number of rotatable bonds is 5. The predicted molar refractivity (Wildman–Crippen MR) is 110 cm³/mol. The molecule has 1 aliphatic rings. The lowest BCUT2D eigenvalue weighted by atomic mass is 10.1. The highest BCUT2D eigenvalue weighted by molar-refractivity contribution is 8.03. The predicted octanol–water partition coefficient (Wildman–Crippen LogP) is 5.10. The van der Waals surface area contributed by atoms with E-state index >= 15 is 0 Å². The summed E-state index contributed by atoms with van der Waals surface area (Å²) in [5.74, 6) is 0.169. The third-order valence-corrected chi connectivity index (χ3v) is 9.05. The van der Waals surface area contributed by atoms with E-state index in [1.807, 2.05) is 13.0 Å². The molecule has 2 aromatic rings. The molecule has 144 valence electrons. The molecule has 1 unspecified atom stereocenters. The smallest absolute Gasteiger partial charge is 0.243 e. The topological polar surface area (TPSA) is 63.6 Å². The third-order valence-electron chi connectivity index (χ3n) is 4.66. The number of aryl methyl sites for hydroxylation is 1. The van der Waals surface area contributed by atoms with Crippen LogP contribution in [0.5, 0.6) is 0 Å². The molecule has 3 rings (SSSR count). The van der Waals surface area contributed by atoms with Gasteiger partial charge in [0.05, 0.1) is 20.4 Å². The summed E-state index contributed by atoms with van der Waals surface area (Å²) >= 11 is 0. The highest BCUT2D eigenvalue weighted by Gasteiger charge is 2.22. The number of hydrogen-bond donors (Lipinski definition) is 0. The van der Waals surface area contributed by atoms with Gasteiger partial charge in [0, 0.05) is 4.90 Å². The summed E-state index contributed by atoms with van der Waals surface area (Å²) in [6.45, 7) is 1.89. The van der Waals surface area contributed by atoms with Crippen molar-refractivity contribution in [3.05, 3.63) is 71.8 Å². The minimum absolute atomic E-state index is 0.0756. The lowest BCUT2D eigenvalue weighted by Crippen LogP contribution is -2.12. The van der Waals surface area contributed by atoms with Crippen LogP contribution >= 0.6 is 0 Å². The zero-order valence-electron chi connectivity index (χ0n) is 15.5. The summed E-state index contributed by atoms with van der Waals surface area (Å²) < 4.78 is 43.6. The first kappa shape index (κ1) is 19.8. The minimum Gasteiger partial charge on any atom is -0.243 e. The molecule has 4 nitrogen and oxygen atoms in total. The SMILES string of the molecule is Cc1ccc(S(=O)(=O)N=S(=O)(CC2=CCCCCC2)c2ccccc2)cc1. The average molecular weight is 404 g/mol. The van der Waals surface area contributed by atoms with E-state index in [0.29, 0.717) is 4.90 Å². The summed E-state index contributed by atoms with van der Waals surface area (Å²) in [7, 11) is -7.15. The second-order valence-corrected chi connectivity index (χ2v) is 11.0. The fraction of sp³-hybridized carbons (Fsp3) is 0.333. The average Bonchev–Trinajstić information content (AvgIpc) is 2.91. The first-order valence-electron chi connectivity index (χ1n) is 9.20. The molecule has 0 aromatic heterocycles. The molecule has 0 heterocycles. The van der Waals surface area contributed by atoms with Gasteiger partial charge in [-0.25, -0.2) is 4.21 Å². The van der Waals surface area contributed by atoms with E-state index in [1.54, 1.807) is 36.4 Å². The van der Waals surface area contributed by atoms with Crippen LogP contribution in [-0.2, 0) is 19.8 Å². The molecule has 1 aliphatic carbocycles. The molecule has 0 radical (unpaired) electrons. The van der Waals surface area contributed by atoms with Crippen molar-refractivity contribution in [2.45, 2.75) is 48.8 Å². The van der Waals surface area contributed by atoms with E-state index < -0.39 is 19.8 Å². The molecule has 0 spiro atoms. The van der Waals surface area contributed by atoms with Gasteiger partial charge in [0.25, 0.3) is 10.0 Å². The van der Waals surface area contributed by atoms with Crippen LogP contribution in [-0.4, -0.2) is 18.4 Å². The van der Waals surface area contributed by atoms with Crippen molar-refractivity contribution in [2.75, 3.05) is 5.75 Å². The molecular weight excluding hydrogens is 378 g/mol. The Bertz CT molecular complexity index is 1030. The highest BCUT2D eigenvalue weighted by atomic mass is 32.3. The normalized spacial score (nSPS) is 17.4. The van der Waals surface area contributed by atoms with Crippen molar-refractivity contribution in [1.29, 1.82) is 0 Å². The summed E-state index contributed by atoms with van der Waals surface area (Å²) in [5, 5.41) is 0. The lowest BCUT2D eigenvalue weighted by Gasteiger charge is -2.13. The molecule has 0 fully saturated rings.